The van der Waals surface area contributed by atoms with Crippen molar-refractivity contribution in [1.29, 1.82) is 0 Å². The third kappa shape index (κ3) is 2.55. The van der Waals surface area contributed by atoms with Gasteiger partial charge in [0, 0.05) is 11.7 Å². The Kier molecular flexibility index (Phi) is 3.47. The van der Waals surface area contributed by atoms with Crippen molar-refractivity contribution in [3.05, 3.63) is 65.0 Å². The fourth-order valence-electron chi connectivity index (χ4n) is 2.99. The lowest BCUT2D eigenvalue weighted by Gasteiger charge is -2.37. The number of aryl methyl sites for hydroxylation is 2. The van der Waals surface area contributed by atoms with Gasteiger partial charge in [-0.15, -0.1) is 0 Å². The molecule has 1 aliphatic rings. The van der Waals surface area contributed by atoms with Gasteiger partial charge in [0.1, 0.15) is 5.82 Å². The molecule has 20 heavy (non-hydrogen) atoms. The Bertz CT molecular complexity index is 615. The zero-order valence-corrected chi connectivity index (χ0v) is 12.0. The molecule has 2 aromatic rings. The molecule has 1 fully saturated rings. The zero-order chi connectivity index (χ0) is 14.1. The van der Waals surface area contributed by atoms with Crippen LogP contribution in [0.25, 0.3) is 0 Å². The predicted octanol–water partition coefficient (Wildman–Crippen LogP) is 4.80. The summed E-state index contributed by atoms with van der Waals surface area (Å²) in [6, 6.07) is 14.1. The third-order valence-corrected chi connectivity index (χ3v) is 4.22. The lowest BCUT2D eigenvalue weighted by atomic mass is 9.75. The van der Waals surface area contributed by atoms with Gasteiger partial charge >= 0.3 is 0 Å². The summed E-state index contributed by atoms with van der Waals surface area (Å²) in [5.41, 5.74) is 4.63. The molecule has 0 saturated heterocycles. The van der Waals surface area contributed by atoms with Crippen LogP contribution in [-0.4, -0.2) is 6.04 Å². The highest BCUT2D eigenvalue weighted by atomic mass is 19.1. The second-order valence-electron chi connectivity index (χ2n) is 5.85. The molecular formula is C18H20FN. The minimum absolute atomic E-state index is 0.0672. The quantitative estimate of drug-likeness (QED) is 0.844. The minimum atomic E-state index is -0.0672. The number of benzene rings is 2. The van der Waals surface area contributed by atoms with Crippen molar-refractivity contribution in [2.24, 2.45) is 0 Å². The number of halogens is 1. The van der Waals surface area contributed by atoms with E-state index >= 15 is 0 Å². The van der Waals surface area contributed by atoms with Crippen LogP contribution in [0.5, 0.6) is 0 Å². The smallest absolute Gasteiger partial charge is 0.126 e. The maximum absolute atomic E-state index is 13.7. The summed E-state index contributed by atoms with van der Waals surface area (Å²) in [7, 11) is 0. The lowest BCUT2D eigenvalue weighted by Crippen LogP contribution is -2.34. The molecule has 0 amide bonds. The number of anilines is 1. The first kappa shape index (κ1) is 13.2. The van der Waals surface area contributed by atoms with Gasteiger partial charge in [0.2, 0.25) is 0 Å². The number of hydrogen-bond donors (Lipinski definition) is 1. The lowest BCUT2D eigenvalue weighted by molar-refractivity contribution is 0.363. The van der Waals surface area contributed by atoms with Crippen LogP contribution in [0, 0.1) is 19.7 Å². The van der Waals surface area contributed by atoms with Gasteiger partial charge in [0.15, 0.2) is 0 Å². The van der Waals surface area contributed by atoms with Crippen molar-refractivity contribution in [3.63, 3.8) is 0 Å². The van der Waals surface area contributed by atoms with E-state index in [9.17, 15) is 4.39 Å². The molecule has 1 nitrogen and oxygen atoms in total. The van der Waals surface area contributed by atoms with Crippen LogP contribution in [0.3, 0.4) is 0 Å². The topological polar surface area (TPSA) is 12.0 Å². The first-order valence-corrected chi connectivity index (χ1v) is 7.21. The highest BCUT2D eigenvalue weighted by Crippen LogP contribution is 2.39. The van der Waals surface area contributed by atoms with E-state index in [0.717, 1.165) is 18.4 Å². The van der Waals surface area contributed by atoms with E-state index in [4.69, 9.17) is 0 Å². The Morgan fingerprint density at radius 2 is 1.80 bits per heavy atom. The van der Waals surface area contributed by atoms with E-state index in [0.29, 0.717) is 12.0 Å². The Hall–Kier alpha value is -1.83. The highest BCUT2D eigenvalue weighted by Gasteiger charge is 2.31. The first-order valence-electron chi connectivity index (χ1n) is 7.21. The second kappa shape index (κ2) is 5.28. The van der Waals surface area contributed by atoms with Crippen molar-refractivity contribution < 1.29 is 4.39 Å². The first-order chi connectivity index (χ1) is 9.63. The summed E-state index contributed by atoms with van der Waals surface area (Å²) in [5.74, 6) is 0.293. The van der Waals surface area contributed by atoms with E-state index in [1.54, 1.807) is 12.1 Å². The molecule has 0 aliphatic heterocycles. The normalized spacial score (nSPS) is 21.4. The number of rotatable bonds is 3. The van der Waals surface area contributed by atoms with Crippen LogP contribution in [0.15, 0.2) is 42.5 Å². The molecule has 1 saturated carbocycles. The summed E-state index contributed by atoms with van der Waals surface area (Å²) in [6.45, 7) is 4.23. The SMILES string of the molecule is Cc1ccc(NC2CC(c3ccccc3F)C2)c(C)c1. The predicted molar refractivity (Wildman–Crippen MR) is 81.7 cm³/mol. The van der Waals surface area contributed by atoms with Crippen LogP contribution in [0.2, 0.25) is 0 Å². The number of hydrogen-bond acceptors (Lipinski definition) is 1. The van der Waals surface area contributed by atoms with Crippen LogP contribution < -0.4 is 5.32 Å². The van der Waals surface area contributed by atoms with Gasteiger partial charge in [-0.05, 0) is 55.9 Å². The molecule has 104 valence electrons. The van der Waals surface area contributed by atoms with Crippen molar-refractivity contribution in [1.82, 2.24) is 0 Å². The molecule has 0 bridgehead atoms. The largest absolute Gasteiger partial charge is 0.382 e. The van der Waals surface area contributed by atoms with E-state index in [2.05, 4.69) is 37.4 Å². The molecule has 3 rings (SSSR count). The van der Waals surface area contributed by atoms with Gasteiger partial charge in [-0.2, -0.15) is 0 Å². The number of nitrogens with one attached hydrogen (secondary N) is 1. The van der Waals surface area contributed by atoms with Crippen molar-refractivity contribution >= 4 is 5.69 Å². The summed E-state index contributed by atoms with van der Waals surface area (Å²) in [5, 5.41) is 3.57. The van der Waals surface area contributed by atoms with Crippen molar-refractivity contribution in [2.45, 2.75) is 38.6 Å². The van der Waals surface area contributed by atoms with Crippen LogP contribution in [0.4, 0.5) is 10.1 Å². The summed E-state index contributed by atoms with van der Waals surface area (Å²) < 4.78 is 13.7. The average molecular weight is 269 g/mol. The molecule has 0 radical (unpaired) electrons. The maximum atomic E-state index is 13.7. The molecule has 1 N–H and O–H groups in total. The third-order valence-electron chi connectivity index (χ3n) is 4.22. The molecule has 0 spiro atoms. The van der Waals surface area contributed by atoms with Crippen LogP contribution in [-0.2, 0) is 0 Å². The molecule has 0 aromatic heterocycles. The van der Waals surface area contributed by atoms with Gasteiger partial charge < -0.3 is 5.32 Å². The Labute approximate surface area is 119 Å². The van der Waals surface area contributed by atoms with E-state index in [1.165, 1.54) is 16.8 Å². The zero-order valence-electron chi connectivity index (χ0n) is 12.0. The Morgan fingerprint density at radius 1 is 1.05 bits per heavy atom. The fraction of sp³-hybridized carbons (Fsp3) is 0.333. The van der Waals surface area contributed by atoms with E-state index in [1.807, 2.05) is 12.1 Å². The van der Waals surface area contributed by atoms with Gasteiger partial charge in [-0.3, -0.25) is 0 Å². The van der Waals surface area contributed by atoms with Gasteiger partial charge in [-0.1, -0.05) is 35.9 Å². The van der Waals surface area contributed by atoms with Crippen molar-refractivity contribution in [3.8, 4) is 0 Å². The van der Waals surface area contributed by atoms with E-state index < -0.39 is 0 Å². The van der Waals surface area contributed by atoms with Crippen molar-refractivity contribution in [2.75, 3.05) is 5.32 Å². The molecule has 2 heteroatoms. The van der Waals surface area contributed by atoms with Crippen LogP contribution >= 0.6 is 0 Å². The average Bonchev–Trinajstić information content (AvgIpc) is 2.37. The standard InChI is InChI=1S/C18H20FN/c1-12-7-8-18(13(2)9-12)20-15-10-14(11-15)16-5-3-4-6-17(16)19/h3-9,14-15,20H,10-11H2,1-2H3. The highest BCUT2D eigenvalue weighted by molar-refractivity contribution is 5.53. The van der Waals surface area contributed by atoms with Gasteiger partial charge in [0.05, 0.1) is 0 Å². The van der Waals surface area contributed by atoms with E-state index in [-0.39, 0.29) is 5.82 Å². The Morgan fingerprint density at radius 3 is 2.50 bits per heavy atom. The molecular weight excluding hydrogens is 249 g/mol. The molecule has 0 unspecified atom stereocenters. The minimum Gasteiger partial charge on any atom is -0.382 e. The second-order valence-corrected chi connectivity index (χ2v) is 5.85. The molecule has 2 aromatic carbocycles. The molecule has 0 heterocycles. The Balaban J connectivity index is 1.62. The van der Waals surface area contributed by atoms with Crippen LogP contribution in [0.1, 0.15) is 35.4 Å². The molecule has 1 aliphatic carbocycles. The molecule has 0 atom stereocenters. The summed E-state index contributed by atoms with van der Waals surface area (Å²) >= 11 is 0. The monoisotopic (exact) mass is 269 g/mol. The summed E-state index contributed by atoms with van der Waals surface area (Å²) in [6.07, 6.45) is 2.02. The summed E-state index contributed by atoms with van der Waals surface area (Å²) in [4.78, 5) is 0. The maximum Gasteiger partial charge on any atom is 0.126 e. The fourth-order valence-corrected chi connectivity index (χ4v) is 2.99. The van der Waals surface area contributed by atoms with Gasteiger partial charge in [0.25, 0.3) is 0 Å². The van der Waals surface area contributed by atoms with Gasteiger partial charge in [-0.25, -0.2) is 4.39 Å².